The molecule has 0 atom stereocenters. The number of benzene rings is 2. The van der Waals surface area contributed by atoms with Crippen molar-refractivity contribution in [1.29, 1.82) is 0 Å². The van der Waals surface area contributed by atoms with Crippen molar-refractivity contribution in [2.75, 3.05) is 21.0 Å². The number of esters is 1. The van der Waals surface area contributed by atoms with Gasteiger partial charge in [-0.1, -0.05) is 50.1 Å². The zero-order chi connectivity index (χ0) is 30.4. The van der Waals surface area contributed by atoms with E-state index < -0.39 is 30.2 Å². The van der Waals surface area contributed by atoms with Gasteiger partial charge < -0.3 is 14.2 Å². The quantitative estimate of drug-likeness (QED) is 0.129. The van der Waals surface area contributed by atoms with Crippen LogP contribution in [0.2, 0.25) is 0 Å². The minimum Gasteiger partial charge on any atom is -0.469 e. The van der Waals surface area contributed by atoms with Gasteiger partial charge in [-0.15, -0.1) is 0 Å². The Morgan fingerprint density at radius 2 is 1.40 bits per heavy atom. The fourth-order valence-corrected chi connectivity index (χ4v) is 4.75. The van der Waals surface area contributed by atoms with E-state index in [-0.39, 0.29) is 18.0 Å². The third-order valence-electron chi connectivity index (χ3n) is 7.27. The van der Waals surface area contributed by atoms with Crippen LogP contribution in [0.15, 0.2) is 36.4 Å². The fraction of sp³-hybridized carbons (Fsp3) is 0.500. The average Bonchev–Trinajstić information content (AvgIpc) is 2.88. The van der Waals surface area contributed by atoms with Gasteiger partial charge in [0.05, 0.1) is 7.11 Å². The van der Waals surface area contributed by atoms with Crippen LogP contribution >= 0.6 is 0 Å². The molecule has 2 rings (SSSR count). The Bertz CT molecular complexity index is 1220. The van der Waals surface area contributed by atoms with Crippen LogP contribution in [0.3, 0.4) is 0 Å². The van der Waals surface area contributed by atoms with Crippen LogP contribution in [0.25, 0.3) is 0 Å². The van der Waals surface area contributed by atoms with Gasteiger partial charge in [0.1, 0.15) is 6.79 Å². The number of hydrogen-bond donors (Lipinski definition) is 0. The molecule has 0 spiro atoms. The second-order valence-electron chi connectivity index (χ2n) is 9.51. The van der Waals surface area contributed by atoms with Crippen LogP contribution in [-0.2, 0) is 30.8 Å². The van der Waals surface area contributed by atoms with E-state index in [9.17, 15) is 31.1 Å². The van der Waals surface area contributed by atoms with Crippen LogP contribution < -0.4 is 0 Å². The molecule has 0 N–H and O–H groups in total. The molecule has 0 aliphatic carbocycles. The highest BCUT2D eigenvalue weighted by Crippen LogP contribution is 2.46. The van der Waals surface area contributed by atoms with Crippen LogP contribution in [0.1, 0.15) is 66.5 Å². The van der Waals surface area contributed by atoms with Gasteiger partial charge in [-0.2, -0.15) is 26.3 Å². The summed E-state index contributed by atoms with van der Waals surface area (Å²) in [5.41, 5.74) is -0.863. The maximum atomic E-state index is 13.6. The summed E-state index contributed by atoms with van der Waals surface area (Å²) in [6.07, 6.45) is -9.56. The lowest BCUT2D eigenvalue weighted by molar-refractivity contribution is -0.368. The minimum atomic E-state index is -5.86. The molecule has 0 amide bonds. The van der Waals surface area contributed by atoms with Gasteiger partial charge in [-0.3, -0.25) is 4.79 Å². The molecule has 0 aromatic heterocycles. The van der Waals surface area contributed by atoms with Gasteiger partial charge in [0.15, 0.2) is 0 Å². The molecular weight excluding hydrogens is 538 g/mol. The summed E-state index contributed by atoms with van der Waals surface area (Å²) in [4.78, 5) is 11.5. The summed E-state index contributed by atoms with van der Waals surface area (Å²) in [7, 11) is 2.26. The summed E-state index contributed by atoms with van der Waals surface area (Å²) >= 11 is 0. The minimum absolute atomic E-state index is 0.0121. The normalized spacial score (nSPS) is 12.6. The van der Waals surface area contributed by atoms with Gasteiger partial charge in [0.25, 0.3) is 0 Å². The molecule has 2 aromatic rings. The first-order chi connectivity index (χ1) is 18.6. The van der Waals surface area contributed by atoms with Crippen LogP contribution in [-0.4, -0.2) is 44.9 Å². The molecule has 10 heteroatoms. The van der Waals surface area contributed by atoms with Crippen molar-refractivity contribution in [3.63, 3.8) is 0 Å². The van der Waals surface area contributed by atoms with Crippen molar-refractivity contribution in [2.45, 2.75) is 76.7 Å². The summed E-state index contributed by atoms with van der Waals surface area (Å²) in [5, 5.41) is 0. The molecule has 40 heavy (non-hydrogen) atoms. The fourth-order valence-electron chi connectivity index (χ4n) is 4.75. The maximum absolute atomic E-state index is 13.6. The Morgan fingerprint density at radius 1 is 0.850 bits per heavy atom. The summed E-state index contributed by atoms with van der Waals surface area (Å²) < 4.78 is 95.0. The Morgan fingerprint density at radius 3 is 1.85 bits per heavy atom. The number of aryl methyl sites for hydroxylation is 3. The smallest absolute Gasteiger partial charge is 0.438 e. The van der Waals surface area contributed by atoms with E-state index in [4.69, 9.17) is 4.74 Å². The van der Waals surface area contributed by atoms with Gasteiger partial charge in [-0.25, -0.2) is 0 Å². The van der Waals surface area contributed by atoms with Crippen molar-refractivity contribution < 1.29 is 45.3 Å². The molecule has 2 aromatic carbocycles. The van der Waals surface area contributed by atoms with Crippen LogP contribution in [0.4, 0.5) is 26.3 Å². The molecule has 4 nitrogen and oxygen atoms in total. The Hall–Kier alpha value is -3.03. The van der Waals surface area contributed by atoms with E-state index in [1.807, 2.05) is 32.9 Å². The third-order valence-corrected chi connectivity index (χ3v) is 7.27. The molecule has 0 fully saturated rings. The van der Waals surface area contributed by atoms with E-state index in [1.54, 1.807) is 19.1 Å². The molecule has 0 radical (unpaired) electrons. The molecule has 0 unspecified atom stereocenters. The number of methoxy groups -OCH3 is 2. The standard InChI is InChI=1S/C30H34F6O4/c1-7-27(8-2,24-12-9-22(20(3)17-24)11-14-26(37)39-6)25-13-10-23(21(4)18-25)15-16-28(29(31,32)33,30(34,35)36)40-19-38-5/h9-10,12-13,17-18H,7-8,11,14,19H2,1-6H3. The van der Waals surface area contributed by atoms with Gasteiger partial charge >= 0.3 is 23.9 Å². The lowest BCUT2D eigenvalue weighted by Crippen LogP contribution is -2.58. The largest absolute Gasteiger partial charge is 0.469 e. The number of ether oxygens (including phenoxy) is 3. The average molecular weight is 573 g/mol. The number of alkyl halides is 6. The maximum Gasteiger partial charge on any atom is 0.438 e. The topological polar surface area (TPSA) is 44.8 Å². The number of carbonyl (C=O) groups excluding carboxylic acids is 1. The molecule has 0 aliphatic rings. The number of hydrogen-bond acceptors (Lipinski definition) is 4. The molecule has 220 valence electrons. The second-order valence-corrected chi connectivity index (χ2v) is 9.51. The lowest BCUT2D eigenvalue weighted by atomic mass is 9.69. The zero-order valence-corrected chi connectivity index (χ0v) is 23.4. The van der Waals surface area contributed by atoms with E-state index in [1.165, 1.54) is 19.1 Å². The highest BCUT2D eigenvalue weighted by molar-refractivity contribution is 5.69. The van der Waals surface area contributed by atoms with Crippen molar-refractivity contribution in [1.82, 2.24) is 0 Å². The number of carbonyl (C=O) groups is 1. The van der Waals surface area contributed by atoms with Gasteiger partial charge in [0.2, 0.25) is 0 Å². The Labute approximate surface area is 231 Å². The SMILES string of the molecule is CCC(CC)(c1ccc(C#CC(OCOC)(C(F)(F)F)C(F)(F)F)c(C)c1)c1ccc(CCC(=O)OC)c(C)c1. The first-order valence-electron chi connectivity index (χ1n) is 12.7. The second kappa shape index (κ2) is 13.1. The Balaban J connectivity index is 2.55. The van der Waals surface area contributed by atoms with E-state index >= 15 is 0 Å². The monoisotopic (exact) mass is 572 g/mol. The number of rotatable bonds is 10. The highest BCUT2D eigenvalue weighted by atomic mass is 19.4. The predicted molar refractivity (Wildman–Crippen MR) is 139 cm³/mol. The summed E-state index contributed by atoms with van der Waals surface area (Å²) in [6.45, 7) is 6.32. The Kier molecular flexibility index (Phi) is 10.9. The number of halogens is 6. The van der Waals surface area contributed by atoms with Crippen molar-refractivity contribution in [3.8, 4) is 11.8 Å². The molecule has 0 saturated heterocycles. The predicted octanol–water partition coefficient (Wildman–Crippen LogP) is 7.35. The van der Waals surface area contributed by atoms with Gasteiger partial charge in [-0.05, 0) is 72.9 Å². The summed E-state index contributed by atoms with van der Waals surface area (Å²) in [5.74, 6) is 3.09. The molecule has 0 bridgehead atoms. The van der Waals surface area contributed by atoms with Gasteiger partial charge in [0, 0.05) is 24.5 Å². The highest BCUT2D eigenvalue weighted by Gasteiger charge is 2.72. The van der Waals surface area contributed by atoms with Crippen molar-refractivity contribution >= 4 is 5.97 Å². The van der Waals surface area contributed by atoms with Crippen molar-refractivity contribution in [3.05, 3.63) is 69.8 Å². The summed E-state index contributed by atoms with van der Waals surface area (Å²) in [6, 6.07) is 10.9. The van der Waals surface area contributed by atoms with Crippen LogP contribution in [0, 0.1) is 25.7 Å². The first-order valence-corrected chi connectivity index (χ1v) is 12.7. The van der Waals surface area contributed by atoms with E-state index in [0.29, 0.717) is 24.8 Å². The molecule has 0 aliphatic heterocycles. The molecular formula is C30H34F6O4. The van der Waals surface area contributed by atoms with E-state index in [2.05, 4.69) is 21.5 Å². The van der Waals surface area contributed by atoms with Crippen LogP contribution in [0.5, 0.6) is 0 Å². The zero-order valence-electron chi connectivity index (χ0n) is 23.4. The third kappa shape index (κ3) is 6.81. The van der Waals surface area contributed by atoms with Crippen molar-refractivity contribution in [2.24, 2.45) is 0 Å². The lowest BCUT2D eigenvalue weighted by Gasteiger charge is -2.34. The molecule has 0 heterocycles. The molecule has 0 saturated carbocycles. The first kappa shape index (κ1) is 33.2. The van der Waals surface area contributed by atoms with E-state index in [0.717, 1.165) is 29.4 Å².